The highest BCUT2D eigenvalue weighted by Crippen LogP contribution is 2.22. The van der Waals surface area contributed by atoms with Crippen molar-refractivity contribution < 1.29 is 9.50 Å². The molecule has 2 nitrogen and oxygen atoms in total. The number of aliphatic hydroxyl groups is 1. The maximum atomic E-state index is 13.1. The van der Waals surface area contributed by atoms with Crippen LogP contribution in [0.1, 0.15) is 18.4 Å². The molecule has 3 heteroatoms. The summed E-state index contributed by atoms with van der Waals surface area (Å²) in [5.74, 6) is -0.150. The van der Waals surface area contributed by atoms with E-state index in [2.05, 4.69) is 5.32 Å². The molecule has 2 aromatic carbocycles. The molecular formula is C16H18FNO. The van der Waals surface area contributed by atoms with E-state index < -0.39 is 0 Å². The molecule has 100 valence electrons. The molecule has 2 N–H and O–H groups in total. The highest BCUT2D eigenvalue weighted by Gasteiger charge is 2.17. The van der Waals surface area contributed by atoms with Gasteiger partial charge in [-0.3, -0.25) is 0 Å². The Labute approximate surface area is 112 Å². The molecule has 0 aliphatic carbocycles. The lowest BCUT2D eigenvalue weighted by Crippen LogP contribution is -2.29. The monoisotopic (exact) mass is 259 g/mol. The van der Waals surface area contributed by atoms with Gasteiger partial charge in [-0.1, -0.05) is 43.3 Å². The maximum Gasteiger partial charge on any atom is 0.125 e. The van der Waals surface area contributed by atoms with Gasteiger partial charge >= 0.3 is 0 Å². The summed E-state index contributed by atoms with van der Waals surface area (Å²) in [6, 6.07) is 16.1. The Balaban J connectivity index is 2.12. The van der Waals surface area contributed by atoms with Crippen molar-refractivity contribution in [2.24, 2.45) is 0 Å². The van der Waals surface area contributed by atoms with Gasteiger partial charge in [0.15, 0.2) is 0 Å². The second-order valence-corrected chi connectivity index (χ2v) is 4.64. The molecule has 19 heavy (non-hydrogen) atoms. The van der Waals surface area contributed by atoms with Gasteiger partial charge in [0.25, 0.3) is 0 Å². The summed E-state index contributed by atoms with van der Waals surface area (Å²) in [6.45, 7) is 2.04. The molecule has 0 heterocycles. The van der Waals surface area contributed by atoms with Crippen molar-refractivity contribution in [3.05, 3.63) is 66.0 Å². The summed E-state index contributed by atoms with van der Waals surface area (Å²) in [5.41, 5.74) is 1.83. The van der Waals surface area contributed by atoms with E-state index >= 15 is 0 Å². The summed E-state index contributed by atoms with van der Waals surface area (Å²) < 4.78 is 13.1. The van der Waals surface area contributed by atoms with Crippen molar-refractivity contribution >= 4 is 5.69 Å². The van der Waals surface area contributed by atoms with E-state index in [4.69, 9.17) is 0 Å². The summed E-state index contributed by atoms with van der Waals surface area (Å²) in [6.07, 6.45) is 0. The Hall–Kier alpha value is -1.87. The Morgan fingerprint density at radius 2 is 1.84 bits per heavy atom. The first-order valence-electron chi connectivity index (χ1n) is 6.38. The van der Waals surface area contributed by atoms with Crippen molar-refractivity contribution in [1.82, 2.24) is 0 Å². The molecule has 2 aromatic rings. The topological polar surface area (TPSA) is 32.3 Å². The van der Waals surface area contributed by atoms with E-state index in [-0.39, 0.29) is 24.4 Å². The molecule has 0 bridgehead atoms. The van der Waals surface area contributed by atoms with Crippen LogP contribution in [0.4, 0.5) is 10.1 Å². The lowest BCUT2D eigenvalue weighted by molar-refractivity contribution is 0.262. The molecule has 0 radical (unpaired) electrons. The van der Waals surface area contributed by atoms with Crippen LogP contribution in [0.3, 0.4) is 0 Å². The number of hydrogen-bond donors (Lipinski definition) is 2. The highest BCUT2D eigenvalue weighted by atomic mass is 19.1. The van der Waals surface area contributed by atoms with Gasteiger partial charge in [0.05, 0.1) is 12.6 Å². The summed E-state index contributed by atoms with van der Waals surface area (Å²) in [4.78, 5) is 0. The molecule has 2 rings (SSSR count). The van der Waals surface area contributed by atoms with Crippen LogP contribution in [0.15, 0.2) is 54.6 Å². The molecular weight excluding hydrogens is 241 g/mol. The van der Waals surface area contributed by atoms with E-state index in [1.807, 2.05) is 37.3 Å². The Bertz CT molecular complexity index is 515. The van der Waals surface area contributed by atoms with E-state index in [0.717, 1.165) is 5.56 Å². The number of hydrogen-bond acceptors (Lipinski definition) is 2. The lowest BCUT2D eigenvalue weighted by Gasteiger charge is -2.24. The largest absolute Gasteiger partial charge is 0.394 e. The van der Waals surface area contributed by atoms with Gasteiger partial charge in [-0.25, -0.2) is 4.39 Å². The first-order valence-corrected chi connectivity index (χ1v) is 6.38. The fourth-order valence-corrected chi connectivity index (χ4v) is 2.11. The molecule has 2 atom stereocenters. The number of nitrogens with one attached hydrogen (secondary N) is 1. The fraction of sp³-hybridized carbons (Fsp3) is 0.250. The van der Waals surface area contributed by atoms with Crippen molar-refractivity contribution in [2.45, 2.75) is 18.9 Å². The molecule has 0 aromatic heterocycles. The van der Waals surface area contributed by atoms with Crippen molar-refractivity contribution in [3.63, 3.8) is 0 Å². The Kier molecular flexibility index (Phi) is 4.53. The van der Waals surface area contributed by atoms with Gasteiger partial charge in [0.2, 0.25) is 0 Å². The Morgan fingerprint density at radius 1 is 1.11 bits per heavy atom. The maximum absolute atomic E-state index is 13.1. The number of aliphatic hydroxyl groups excluding tert-OH is 1. The first kappa shape index (κ1) is 13.6. The summed E-state index contributed by atoms with van der Waals surface area (Å²) >= 11 is 0. The van der Waals surface area contributed by atoms with Crippen LogP contribution in [0, 0.1) is 5.82 Å². The van der Waals surface area contributed by atoms with Crippen LogP contribution >= 0.6 is 0 Å². The van der Waals surface area contributed by atoms with Crippen LogP contribution in [0.2, 0.25) is 0 Å². The predicted octanol–water partition coefficient (Wildman–Crippen LogP) is 3.40. The van der Waals surface area contributed by atoms with Gasteiger partial charge in [-0.05, 0) is 23.8 Å². The van der Waals surface area contributed by atoms with E-state index in [9.17, 15) is 9.50 Å². The van der Waals surface area contributed by atoms with Crippen LogP contribution in [-0.2, 0) is 0 Å². The molecule has 0 fully saturated rings. The molecule has 0 spiro atoms. The highest BCUT2D eigenvalue weighted by molar-refractivity contribution is 5.45. The predicted molar refractivity (Wildman–Crippen MR) is 75.8 cm³/mol. The third-order valence-electron chi connectivity index (χ3n) is 3.30. The zero-order valence-electron chi connectivity index (χ0n) is 10.9. The molecule has 0 aliphatic rings. The zero-order chi connectivity index (χ0) is 13.7. The van der Waals surface area contributed by atoms with Crippen LogP contribution < -0.4 is 5.32 Å². The molecule has 2 unspecified atom stereocenters. The standard InChI is InChI=1S/C16H18FNO/c1-12(13-6-3-2-4-7-13)16(11-19)18-15-9-5-8-14(17)10-15/h2-10,12,16,18-19H,11H2,1H3. The molecule has 0 aliphatic heterocycles. The first-order chi connectivity index (χ1) is 9.20. The fourth-order valence-electron chi connectivity index (χ4n) is 2.11. The average Bonchev–Trinajstić information content (AvgIpc) is 2.45. The minimum Gasteiger partial charge on any atom is -0.394 e. The van der Waals surface area contributed by atoms with Gasteiger partial charge in [0, 0.05) is 11.6 Å². The summed E-state index contributed by atoms with van der Waals surface area (Å²) in [7, 11) is 0. The van der Waals surface area contributed by atoms with E-state index in [0.29, 0.717) is 5.69 Å². The average molecular weight is 259 g/mol. The normalized spacial score (nSPS) is 13.8. The third kappa shape index (κ3) is 3.55. The van der Waals surface area contributed by atoms with Crippen LogP contribution in [-0.4, -0.2) is 17.8 Å². The number of rotatable bonds is 5. The quantitative estimate of drug-likeness (QED) is 0.862. The number of benzene rings is 2. The minimum atomic E-state index is -0.283. The van der Waals surface area contributed by atoms with Gasteiger partial charge in [0.1, 0.15) is 5.82 Å². The Morgan fingerprint density at radius 3 is 2.47 bits per heavy atom. The number of anilines is 1. The second-order valence-electron chi connectivity index (χ2n) is 4.64. The molecule has 0 amide bonds. The van der Waals surface area contributed by atoms with Gasteiger partial charge in [-0.2, -0.15) is 0 Å². The van der Waals surface area contributed by atoms with Crippen molar-refractivity contribution in [3.8, 4) is 0 Å². The van der Waals surface area contributed by atoms with Crippen LogP contribution in [0.25, 0.3) is 0 Å². The smallest absolute Gasteiger partial charge is 0.125 e. The van der Waals surface area contributed by atoms with Crippen LogP contribution in [0.5, 0.6) is 0 Å². The van der Waals surface area contributed by atoms with Gasteiger partial charge < -0.3 is 10.4 Å². The SMILES string of the molecule is CC(c1ccccc1)C(CO)Nc1cccc(F)c1. The van der Waals surface area contributed by atoms with E-state index in [1.54, 1.807) is 12.1 Å². The molecule has 0 saturated carbocycles. The third-order valence-corrected chi connectivity index (χ3v) is 3.30. The van der Waals surface area contributed by atoms with Crippen molar-refractivity contribution in [1.29, 1.82) is 0 Å². The van der Waals surface area contributed by atoms with Gasteiger partial charge in [-0.15, -0.1) is 0 Å². The minimum absolute atomic E-state index is 0.00737. The van der Waals surface area contributed by atoms with Crippen molar-refractivity contribution in [2.75, 3.05) is 11.9 Å². The lowest BCUT2D eigenvalue weighted by atomic mass is 9.93. The number of halogens is 1. The summed E-state index contributed by atoms with van der Waals surface area (Å²) in [5, 5.41) is 12.7. The molecule has 0 saturated heterocycles. The van der Waals surface area contributed by atoms with E-state index in [1.165, 1.54) is 12.1 Å². The second kappa shape index (κ2) is 6.34. The zero-order valence-corrected chi connectivity index (χ0v) is 10.9.